The third kappa shape index (κ3) is 3.47. The molecule has 1 aromatic heterocycles. The Hall–Kier alpha value is -2.63. The van der Waals surface area contributed by atoms with Gasteiger partial charge >= 0.3 is 6.03 Å². The Labute approximate surface area is 123 Å². The van der Waals surface area contributed by atoms with Crippen LogP contribution in [0.4, 0.5) is 22.1 Å². The number of anilines is 3. The van der Waals surface area contributed by atoms with Crippen LogP contribution in [0.3, 0.4) is 0 Å². The summed E-state index contributed by atoms with van der Waals surface area (Å²) in [7, 11) is 0. The van der Waals surface area contributed by atoms with Gasteiger partial charge in [0.25, 0.3) is 0 Å². The lowest BCUT2D eigenvalue weighted by Crippen LogP contribution is -2.22. The highest BCUT2D eigenvalue weighted by molar-refractivity contribution is 5.99. The maximum absolute atomic E-state index is 11.8. The number of nitrogens with zero attached hydrogens (tertiary/aromatic N) is 3. The minimum atomic E-state index is -0.307. The van der Waals surface area contributed by atoms with E-state index in [1.54, 1.807) is 12.4 Å². The van der Waals surface area contributed by atoms with Gasteiger partial charge in [0.1, 0.15) is 0 Å². The lowest BCUT2D eigenvalue weighted by molar-refractivity contribution is 0.262. The maximum atomic E-state index is 11.8. The standard InChI is InChI=1S/C15H17N5O/c21-15(18-12-6-2-1-3-7-12)19-13-10-16-14(17-11-13)20-8-4-5-9-20/h1-3,6-7,10-11H,4-5,8-9H2,(H2,18,19,21). The van der Waals surface area contributed by atoms with Gasteiger partial charge in [-0.2, -0.15) is 0 Å². The van der Waals surface area contributed by atoms with Crippen molar-refractivity contribution in [1.29, 1.82) is 0 Å². The van der Waals surface area contributed by atoms with E-state index in [4.69, 9.17) is 0 Å². The van der Waals surface area contributed by atoms with E-state index in [0.29, 0.717) is 5.69 Å². The summed E-state index contributed by atoms with van der Waals surface area (Å²) >= 11 is 0. The average molecular weight is 283 g/mol. The smallest absolute Gasteiger partial charge is 0.323 e. The quantitative estimate of drug-likeness (QED) is 0.908. The van der Waals surface area contributed by atoms with E-state index in [9.17, 15) is 4.79 Å². The number of hydrogen-bond donors (Lipinski definition) is 2. The van der Waals surface area contributed by atoms with Gasteiger partial charge in [-0.1, -0.05) is 18.2 Å². The van der Waals surface area contributed by atoms with E-state index in [-0.39, 0.29) is 6.03 Å². The lowest BCUT2D eigenvalue weighted by atomic mass is 10.3. The summed E-state index contributed by atoms with van der Waals surface area (Å²) < 4.78 is 0. The number of urea groups is 1. The van der Waals surface area contributed by atoms with Crippen LogP contribution in [0, 0.1) is 0 Å². The van der Waals surface area contributed by atoms with E-state index in [2.05, 4.69) is 25.5 Å². The molecule has 108 valence electrons. The number of carbonyl (C=O) groups excluding carboxylic acids is 1. The number of aromatic nitrogens is 2. The molecule has 3 rings (SSSR count). The van der Waals surface area contributed by atoms with Crippen molar-refractivity contribution in [3.05, 3.63) is 42.7 Å². The van der Waals surface area contributed by atoms with Gasteiger partial charge in [-0.15, -0.1) is 0 Å². The second-order valence-electron chi connectivity index (χ2n) is 4.91. The molecule has 1 aliphatic heterocycles. The van der Waals surface area contributed by atoms with E-state index in [1.165, 1.54) is 12.8 Å². The number of nitrogens with one attached hydrogen (secondary N) is 2. The van der Waals surface area contributed by atoms with E-state index < -0.39 is 0 Å². The molecule has 0 saturated carbocycles. The van der Waals surface area contributed by atoms with Crippen molar-refractivity contribution in [3.63, 3.8) is 0 Å². The molecule has 0 bridgehead atoms. The fourth-order valence-corrected chi connectivity index (χ4v) is 2.28. The van der Waals surface area contributed by atoms with Crippen LogP contribution in [0.1, 0.15) is 12.8 Å². The first-order valence-electron chi connectivity index (χ1n) is 7.01. The molecule has 2 amide bonds. The molecule has 21 heavy (non-hydrogen) atoms. The molecule has 0 aliphatic carbocycles. The van der Waals surface area contributed by atoms with Gasteiger partial charge in [0.05, 0.1) is 18.1 Å². The molecule has 0 spiro atoms. The largest absolute Gasteiger partial charge is 0.341 e. The summed E-state index contributed by atoms with van der Waals surface area (Å²) in [5.74, 6) is 0.724. The van der Waals surface area contributed by atoms with Crippen molar-refractivity contribution in [1.82, 2.24) is 9.97 Å². The summed E-state index contributed by atoms with van der Waals surface area (Å²) in [6.07, 6.45) is 5.63. The molecule has 2 aromatic rings. The molecule has 6 heteroatoms. The van der Waals surface area contributed by atoms with Crippen LogP contribution >= 0.6 is 0 Å². The van der Waals surface area contributed by atoms with E-state index in [1.807, 2.05) is 30.3 Å². The zero-order valence-corrected chi connectivity index (χ0v) is 11.6. The van der Waals surface area contributed by atoms with Gasteiger partial charge in [-0.3, -0.25) is 0 Å². The van der Waals surface area contributed by atoms with Crippen molar-refractivity contribution in [2.45, 2.75) is 12.8 Å². The Morgan fingerprint density at radius 1 is 0.952 bits per heavy atom. The molecule has 1 aromatic carbocycles. The van der Waals surface area contributed by atoms with Crippen LogP contribution in [-0.2, 0) is 0 Å². The average Bonchev–Trinajstić information content (AvgIpc) is 3.03. The Morgan fingerprint density at radius 2 is 1.57 bits per heavy atom. The molecule has 2 heterocycles. The summed E-state index contributed by atoms with van der Waals surface area (Å²) in [6, 6.07) is 8.97. The number of hydrogen-bond acceptors (Lipinski definition) is 4. The molecule has 1 fully saturated rings. The monoisotopic (exact) mass is 283 g/mol. The molecular weight excluding hydrogens is 266 g/mol. The van der Waals surface area contributed by atoms with Gasteiger partial charge in [-0.05, 0) is 25.0 Å². The topological polar surface area (TPSA) is 70.2 Å². The predicted molar refractivity (Wildman–Crippen MR) is 82.6 cm³/mol. The van der Waals surface area contributed by atoms with Gasteiger partial charge in [0.15, 0.2) is 0 Å². The predicted octanol–water partition coefficient (Wildman–Crippen LogP) is 2.72. The third-order valence-corrected chi connectivity index (χ3v) is 3.32. The van der Waals surface area contributed by atoms with Crippen molar-refractivity contribution in [2.75, 3.05) is 28.6 Å². The molecule has 0 atom stereocenters. The van der Waals surface area contributed by atoms with Crippen LogP contribution < -0.4 is 15.5 Å². The molecule has 6 nitrogen and oxygen atoms in total. The number of para-hydroxylation sites is 1. The molecule has 2 N–H and O–H groups in total. The zero-order chi connectivity index (χ0) is 14.5. The summed E-state index contributed by atoms with van der Waals surface area (Å²) in [6.45, 7) is 2.00. The van der Waals surface area contributed by atoms with Crippen LogP contribution in [-0.4, -0.2) is 29.1 Å². The Balaban J connectivity index is 1.58. The first kappa shape index (κ1) is 13.4. The van der Waals surface area contributed by atoms with Gasteiger partial charge in [0, 0.05) is 18.8 Å². The lowest BCUT2D eigenvalue weighted by Gasteiger charge is -2.14. The fourth-order valence-electron chi connectivity index (χ4n) is 2.28. The molecule has 0 unspecified atom stereocenters. The highest BCUT2D eigenvalue weighted by atomic mass is 16.2. The Morgan fingerprint density at radius 3 is 2.24 bits per heavy atom. The van der Waals surface area contributed by atoms with Gasteiger partial charge in [-0.25, -0.2) is 14.8 Å². The van der Waals surface area contributed by atoms with Crippen LogP contribution in [0.25, 0.3) is 0 Å². The molecule has 1 saturated heterocycles. The maximum Gasteiger partial charge on any atom is 0.323 e. The highest BCUT2D eigenvalue weighted by Gasteiger charge is 2.14. The van der Waals surface area contributed by atoms with Crippen LogP contribution in [0.5, 0.6) is 0 Å². The van der Waals surface area contributed by atoms with Gasteiger partial charge in [0.2, 0.25) is 5.95 Å². The molecule has 0 radical (unpaired) electrons. The summed E-state index contributed by atoms with van der Waals surface area (Å²) in [5.41, 5.74) is 1.32. The molecular formula is C15H17N5O. The normalized spacial score (nSPS) is 14.0. The number of rotatable bonds is 3. The van der Waals surface area contributed by atoms with Crippen molar-refractivity contribution in [3.8, 4) is 0 Å². The Kier molecular flexibility index (Phi) is 3.95. The first-order valence-corrected chi connectivity index (χ1v) is 7.01. The van der Waals surface area contributed by atoms with Crippen molar-refractivity contribution in [2.24, 2.45) is 0 Å². The summed E-state index contributed by atoms with van der Waals surface area (Å²) in [4.78, 5) is 22.6. The molecule has 1 aliphatic rings. The highest BCUT2D eigenvalue weighted by Crippen LogP contribution is 2.16. The van der Waals surface area contributed by atoms with Crippen molar-refractivity contribution < 1.29 is 4.79 Å². The van der Waals surface area contributed by atoms with Crippen LogP contribution in [0.2, 0.25) is 0 Å². The number of benzene rings is 1. The van der Waals surface area contributed by atoms with Crippen molar-refractivity contribution >= 4 is 23.4 Å². The van der Waals surface area contributed by atoms with Gasteiger partial charge < -0.3 is 15.5 Å². The third-order valence-electron chi connectivity index (χ3n) is 3.32. The number of amides is 2. The SMILES string of the molecule is O=C(Nc1ccccc1)Nc1cnc(N2CCCC2)nc1. The van der Waals surface area contributed by atoms with E-state index >= 15 is 0 Å². The fraction of sp³-hybridized carbons (Fsp3) is 0.267. The van der Waals surface area contributed by atoms with Crippen LogP contribution in [0.15, 0.2) is 42.7 Å². The zero-order valence-electron chi connectivity index (χ0n) is 11.6. The summed E-state index contributed by atoms with van der Waals surface area (Å²) in [5, 5.41) is 5.46. The number of carbonyl (C=O) groups is 1. The first-order chi connectivity index (χ1) is 10.3. The second kappa shape index (κ2) is 6.21. The minimum Gasteiger partial charge on any atom is -0.341 e. The van der Waals surface area contributed by atoms with E-state index in [0.717, 1.165) is 24.7 Å². The second-order valence-corrected chi connectivity index (χ2v) is 4.91. The Bertz CT molecular complexity index is 593. The minimum absolute atomic E-state index is 0.307.